The number of aromatic amines is 1. The summed E-state index contributed by atoms with van der Waals surface area (Å²) in [6.45, 7) is -0.773. The second kappa shape index (κ2) is 15.0. The number of carboxylic acid groups (broad SMARTS) is 2. The van der Waals surface area contributed by atoms with E-state index in [2.05, 4.69) is 20.9 Å². The van der Waals surface area contributed by atoms with Crippen LogP contribution in [-0.4, -0.2) is 92.7 Å². The highest BCUT2D eigenvalue weighted by Gasteiger charge is 2.30. The molecule has 14 heteroatoms. The van der Waals surface area contributed by atoms with Crippen LogP contribution in [0.4, 0.5) is 0 Å². The molecule has 3 amide bonds. The first-order valence-electron chi connectivity index (χ1n) is 11.8. The van der Waals surface area contributed by atoms with E-state index in [4.69, 9.17) is 10.8 Å². The van der Waals surface area contributed by atoms with Crippen LogP contribution < -0.4 is 21.7 Å². The number of nitrogens with one attached hydrogen (secondary N) is 4. The predicted octanol–water partition coefficient (Wildman–Crippen LogP) is -0.813. The number of aliphatic carboxylic acids is 2. The molecule has 0 saturated heterocycles. The molecule has 38 heavy (non-hydrogen) atoms. The largest absolute Gasteiger partial charge is 0.481 e. The summed E-state index contributed by atoms with van der Waals surface area (Å²) in [7, 11) is 0. The summed E-state index contributed by atoms with van der Waals surface area (Å²) >= 11 is 1.38. The van der Waals surface area contributed by atoms with Crippen LogP contribution in [0, 0.1) is 0 Å². The van der Waals surface area contributed by atoms with Crippen LogP contribution in [0.25, 0.3) is 10.9 Å². The van der Waals surface area contributed by atoms with Crippen molar-refractivity contribution >= 4 is 52.3 Å². The van der Waals surface area contributed by atoms with Gasteiger partial charge in [-0.05, 0) is 42.9 Å². The van der Waals surface area contributed by atoms with Gasteiger partial charge >= 0.3 is 11.9 Å². The van der Waals surface area contributed by atoms with E-state index in [1.165, 1.54) is 11.8 Å². The summed E-state index contributed by atoms with van der Waals surface area (Å²) in [6, 6.07) is 2.38. The number of benzene rings is 1. The molecule has 0 saturated carbocycles. The van der Waals surface area contributed by atoms with Crippen LogP contribution in [0.5, 0.6) is 0 Å². The number of nitrogens with two attached hydrogens (primary N) is 1. The Morgan fingerprint density at radius 1 is 0.947 bits per heavy atom. The number of aromatic nitrogens is 1. The molecular formula is C24H33N5O8S. The van der Waals surface area contributed by atoms with Crippen molar-refractivity contribution in [2.24, 2.45) is 5.73 Å². The maximum absolute atomic E-state index is 12.8. The van der Waals surface area contributed by atoms with Crippen molar-refractivity contribution in [3.63, 3.8) is 0 Å². The number of H-pyrrole nitrogens is 1. The van der Waals surface area contributed by atoms with E-state index >= 15 is 0 Å². The number of carbonyl (C=O) groups excluding carboxylic acids is 3. The Kier molecular flexibility index (Phi) is 12.0. The van der Waals surface area contributed by atoms with Crippen molar-refractivity contribution in [3.05, 3.63) is 36.0 Å². The molecule has 9 N–H and O–H groups in total. The molecule has 13 nitrogen and oxygen atoms in total. The van der Waals surface area contributed by atoms with E-state index in [9.17, 15) is 34.2 Å². The summed E-state index contributed by atoms with van der Waals surface area (Å²) < 4.78 is 0. The first-order chi connectivity index (χ1) is 18.1. The summed E-state index contributed by atoms with van der Waals surface area (Å²) in [5, 5.41) is 35.8. The Morgan fingerprint density at radius 2 is 1.58 bits per heavy atom. The topological polar surface area (TPSA) is 224 Å². The van der Waals surface area contributed by atoms with Gasteiger partial charge in [0.05, 0.1) is 12.6 Å². The minimum Gasteiger partial charge on any atom is -0.481 e. The third-order valence-electron chi connectivity index (χ3n) is 5.77. The fraction of sp³-hybridized carbons (Fsp3) is 0.458. The van der Waals surface area contributed by atoms with Gasteiger partial charge in [-0.25, -0.2) is 4.79 Å². The lowest BCUT2D eigenvalue weighted by Gasteiger charge is -2.24. The van der Waals surface area contributed by atoms with Gasteiger partial charge in [0.25, 0.3) is 0 Å². The molecule has 0 fully saturated rings. The molecule has 4 atom stereocenters. The van der Waals surface area contributed by atoms with E-state index in [1.54, 1.807) is 12.5 Å². The van der Waals surface area contributed by atoms with Crippen molar-refractivity contribution in [2.45, 2.75) is 49.9 Å². The van der Waals surface area contributed by atoms with Crippen LogP contribution in [0.1, 0.15) is 24.8 Å². The van der Waals surface area contributed by atoms with Crippen molar-refractivity contribution in [3.8, 4) is 0 Å². The molecule has 1 aromatic carbocycles. The Morgan fingerprint density at radius 3 is 2.21 bits per heavy atom. The maximum atomic E-state index is 12.8. The highest BCUT2D eigenvalue weighted by Crippen LogP contribution is 2.18. The minimum absolute atomic E-state index is 0.121. The van der Waals surface area contributed by atoms with Gasteiger partial charge in [0.15, 0.2) is 0 Å². The van der Waals surface area contributed by atoms with Crippen LogP contribution in [0.2, 0.25) is 0 Å². The van der Waals surface area contributed by atoms with Crippen molar-refractivity contribution in [1.29, 1.82) is 0 Å². The number of rotatable bonds is 16. The third-order valence-corrected chi connectivity index (χ3v) is 6.42. The zero-order valence-corrected chi connectivity index (χ0v) is 21.6. The molecule has 2 aromatic rings. The Labute approximate surface area is 222 Å². The van der Waals surface area contributed by atoms with Crippen LogP contribution in [0.15, 0.2) is 30.5 Å². The van der Waals surface area contributed by atoms with Crippen molar-refractivity contribution in [1.82, 2.24) is 20.9 Å². The normalized spacial score (nSPS) is 14.2. The number of para-hydroxylation sites is 1. The minimum atomic E-state index is -1.47. The molecule has 0 radical (unpaired) electrons. The Bertz CT molecular complexity index is 1140. The number of aliphatic hydroxyl groups is 1. The average molecular weight is 552 g/mol. The fourth-order valence-electron chi connectivity index (χ4n) is 3.68. The Balaban J connectivity index is 2.03. The van der Waals surface area contributed by atoms with Gasteiger partial charge in [-0.15, -0.1) is 0 Å². The fourth-order valence-corrected chi connectivity index (χ4v) is 4.15. The summed E-state index contributed by atoms with van der Waals surface area (Å²) in [6.07, 6.45) is 2.98. The SMILES string of the molecule is CSCCC(NC(=O)C(CO)NC(=O)C(N)Cc1c[nH]c2ccccc12)C(=O)NC(CCC(=O)O)C(=O)O. The average Bonchev–Trinajstić information content (AvgIpc) is 3.29. The molecule has 1 heterocycles. The number of hydrogen-bond donors (Lipinski definition) is 8. The van der Waals surface area contributed by atoms with E-state index in [-0.39, 0.29) is 19.3 Å². The predicted molar refractivity (Wildman–Crippen MR) is 140 cm³/mol. The molecule has 0 aliphatic heterocycles. The molecule has 0 bridgehead atoms. The van der Waals surface area contributed by atoms with E-state index < -0.39 is 66.9 Å². The van der Waals surface area contributed by atoms with Gasteiger partial charge in [0, 0.05) is 23.5 Å². The van der Waals surface area contributed by atoms with Crippen LogP contribution in [-0.2, 0) is 30.4 Å². The van der Waals surface area contributed by atoms with E-state index in [0.29, 0.717) is 5.75 Å². The summed E-state index contributed by atoms with van der Waals surface area (Å²) in [4.78, 5) is 63.6. The van der Waals surface area contributed by atoms with E-state index in [1.807, 2.05) is 24.3 Å². The number of amides is 3. The van der Waals surface area contributed by atoms with Gasteiger partial charge < -0.3 is 42.0 Å². The molecular weight excluding hydrogens is 518 g/mol. The molecule has 4 unspecified atom stereocenters. The molecule has 0 aliphatic carbocycles. The number of carboxylic acids is 2. The maximum Gasteiger partial charge on any atom is 0.326 e. The van der Waals surface area contributed by atoms with Gasteiger partial charge in [-0.3, -0.25) is 19.2 Å². The number of aliphatic hydroxyl groups excluding tert-OH is 1. The first-order valence-corrected chi connectivity index (χ1v) is 13.2. The molecule has 1 aromatic heterocycles. The van der Waals surface area contributed by atoms with Crippen molar-refractivity contribution in [2.75, 3.05) is 18.6 Å². The van der Waals surface area contributed by atoms with Gasteiger partial charge in [0.2, 0.25) is 17.7 Å². The molecule has 2 rings (SSSR count). The third kappa shape index (κ3) is 9.04. The monoisotopic (exact) mass is 551 g/mol. The summed E-state index contributed by atoms with van der Waals surface area (Å²) in [5.74, 6) is -4.59. The number of hydrogen-bond acceptors (Lipinski definition) is 8. The summed E-state index contributed by atoms with van der Waals surface area (Å²) in [5.41, 5.74) is 7.73. The smallest absolute Gasteiger partial charge is 0.326 e. The molecule has 0 spiro atoms. The highest BCUT2D eigenvalue weighted by atomic mass is 32.2. The lowest BCUT2D eigenvalue weighted by molar-refractivity contribution is -0.143. The standard InChI is InChI=1S/C24H33N5O8S/c1-38-9-8-17(22(34)28-18(24(36)37)6-7-20(31)32)27-23(35)19(12-30)29-21(33)15(25)10-13-11-26-16-5-3-2-4-14(13)16/h2-5,11,15,17-19,26,30H,6-10,12,25H2,1H3,(H,27,35)(H,28,34)(H,29,33)(H,31,32)(H,36,37). The number of thioether (sulfide) groups is 1. The number of fused-ring (bicyclic) bond motifs is 1. The quantitative estimate of drug-likeness (QED) is 0.129. The zero-order valence-electron chi connectivity index (χ0n) is 20.8. The zero-order chi connectivity index (χ0) is 28.2. The number of carbonyl (C=O) groups is 5. The van der Waals surface area contributed by atoms with Gasteiger partial charge in [-0.2, -0.15) is 11.8 Å². The first kappa shape index (κ1) is 30.6. The molecule has 0 aliphatic rings. The second-order valence-corrected chi connectivity index (χ2v) is 9.57. The van der Waals surface area contributed by atoms with Crippen LogP contribution in [0.3, 0.4) is 0 Å². The van der Waals surface area contributed by atoms with Crippen LogP contribution >= 0.6 is 11.8 Å². The lowest BCUT2D eigenvalue weighted by atomic mass is 10.0. The second-order valence-electron chi connectivity index (χ2n) is 8.59. The Hall–Kier alpha value is -3.62. The van der Waals surface area contributed by atoms with E-state index in [0.717, 1.165) is 16.5 Å². The molecule has 208 valence electrons. The lowest BCUT2D eigenvalue weighted by Crippen LogP contribution is -2.58. The highest BCUT2D eigenvalue weighted by molar-refractivity contribution is 7.98. The van der Waals surface area contributed by atoms with Gasteiger partial charge in [0.1, 0.15) is 18.1 Å². The van der Waals surface area contributed by atoms with Crippen molar-refractivity contribution < 1.29 is 39.3 Å². The van der Waals surface area contributed by atoms with Gasteiger partial charge in [-0.1, -0.05) is 18.2 Å².